The number of fused-ring (bicyclic) bond motifs is 2. The van der Waals surface area contributed by atoms with E-state index in [1.807, 2.05) is 87.5 Å². The highest BCUT2D eigenvalue weighted by molar-refractivity contribution is 8.02. The molecule has 1 fully saturated rings. The SMILES string of the molecule is Cc1ccc(CNC(=O)CN2C(=O)[C@]3(SCC(=O)N3c3ccc(C)c(C)c3)c3ccccc32)cc1. The van der Waals surface area contributed by atoms with E-state index >= 15 is 0 Å². The Morgan fingerprint density at radius 1 is 0.971 bits per heavy atom. The number of nitrogens with zero attached hydrogens (tertiary/aromatic N) is 2. The van der Waals surface area contributed by atoms with E-state index in [0.29, 0.717) is 17.9 Å². The van der Waals surface area contributed by atoms with Crippen LogP contribution in [0, 0.1) is 20.8 Å². The van der Waals surface area contributed by atoms with Gasteiger partial charge in [0.05, 0.1) is 11.4 Å². The topological polar surface area (TPSA) is 69.7 Å². The van der Waals surface area contributed by atoms with Crippen molar-refractivity contribution in [3.63, 3.8) is 0 Å². The van der Waals surface area contributed by atoms with Crippen LogP contribution in [-0.2, 0) is 25.8 Å². The molecule has 1 spiro atoms. The molecule has 3 aromatic rings. The number of carbonyl (C=O) groups excluding carboxylic acids is 3. The van der Waals surface area contributed by atoms with Gasteiger partial charge in [-0.15, -0.1) is 11.8 Å². The monoisotopic (exact) mass is 485 g/mol. The Morgan fingerprint density at radius 2 is 1.71 bits per heavy atom. The molecule has 2 aliphatic rings. The first-order valence-corrected chi connectivity index (χ1v) is 12.6. The third kappa shape index (κ3) is 3.90. The maximum atomic E-state index is 14.0. The summed E-state index contributed by atoms with van der Waals surface area (Å²) in [6, 6.07) is 21.2. The molecule has 0 bridgehead atoms. The second-order valence-electron chi connectivity index (χ2n) is 9.10. The van der Waals surface area contributed by atoms with Crippen molar-refractivity contribution in [2.24, 2.45) is 0 Å². The van der Waals surface area contributed by atoms with Gasteiger partial charge in [0, 0.05) is 17.8 Å². The Labute approximate surface area is 209 Å². The summed E-state index contributed by atoms with van der Waals surface area (Å²) >= 11 is 1.32. The lowest BCUT2D eigenvalue weighted by molar-refractivity contribution is -0.125. The Bertz CT molecular complexity index is 1340. The van der Waals surface area contributed by atoms with E-state index in [1.54, 1.807) is 4.90 Å². The van der Waals surface area contributed by atoms with Gasteiger partial charge in [0.2, 0.25) is 16.7 Å². The zero-order valence-corrected chi connectivity index (χ0v) is 20.8. The summed E-state index contributed by atoms with van der Waals surface area (Å²) in [7, 11) is 0. The molecule has 0 radical (unpaired) electrons. The van der Waals surface area contributed by atoms with Crippen molar-refractivity contribution in [3.05, 3.63) is 94.5 Å². The highest BCUT2D eigenvalue weighted by Crippen LogP contribution is 2.55. The average Bonchev–Trinajstić information content (AvgIpc) is 3.31. The zero-order chi connectivity index (χ0) is 24.7. The van der Waals surface area contributed by atoms with Gasteiger partial charge in [0.25, 0.3) is 5.91 Å². The van der Waals surface area contributed by atoms with Crippen LogP contribution in [0.1, 0.15) is 27.8 Å². The van der Waals surface area contributed by atoms with E-state index < -0.39 is 4.87 Å². The number of nitrogens with one attached hydrogen (secondary N) is 1. The molecule has 6 nitrogen and oxygen atoms in total. The van der Waals surface area contributed by atoms with Crippen LogP contribution in [0.4, 0.5) is 11.4 Å². The van der Waals surface area contributed by atoms with Gasteiger partial charge in [-0.25, -0.2) is 0 Å². The first-order chi connectivity index (χ1) is 16.8. The van der Waals surface area contributed by atoms with E-state index in [1.165, 1.54) is 16.7 Å². The minimum Gasteiger partial charge on any atom is -0.350 e. The molecular weight excluding hydrogens is 458 g/mol. The van der Waals surface area contributed by atoms with E-state index in [9.17, 15) is 14.4 Å². The van der Waals surface area contributed by atoms with E-state index in [0.717, 1.165) is 27.8 Å². The van der Waals surface area contributed by atoms with Crippen molar-refractivity contribution >= 4 is 40.9 Å². The first-order valence-electron chi connectivity index (χ1n) is 11.6. The van der Waals surface area contributed by atoms with Gasteiger partial charge in [-0.3, -0.25) is 24.2 Å². The van der Waals surface area contributed by atoms with Gasteiger partial charge in [-0.05, 0) is 55.7 Å². The second kappa shape index (κ2) is 8.89. The lowest BCUT2D eigenvalue weighted by atomic mass is 10.0. The Balaban J connectivity index is 1.45. The molecule has 0 aliphatic carbocycles. The normalized spacial score (nSPS) is 18.9. The number of anilines is 2. The van der Waals surface area contributed by atoms with Crippen molar-refractivity contribution in [1.82, 2.24) is 5.32 Å². The summed E-state index contributed by atoms with van der Waals surface area (Å²) in [4.78, 5) is 42.0. The van der Waals surface area contributed by atoms with Crippen molar-refractivity contribution in [1.29, 1.82) is 0 Å². The largest absolute Gasteiger partial charge is 0.350 e. The number of rotatable bonds is 5. The number of amides is 3. The van der Waals surface area contributed by atoms with E-state index in [2.05, 4.69) is 5.32 Å². The lowest BCUT2D eigenvalue weighted by Crippen LogP contribution is -2.51. The minimum atomic E-state index is -1.22. The number of benzene rings is 3. The molecule has 0 unspecified atom stereocenters. The van der Waals surface area contributed by atoms with E-state index in [4.69, 9.17) is 0 Å². The quantitative estimate of drug-likeness (QED) is 0.588. The van der Waals surface area contributed by atoms with Gasteiger partial charge in [-0.1, -0.05) is 54.1 Å². The molecule has 3 amide bonds. The van der Waals surface area contributed by atoms with Crippen LogP contribution in [0.25, 0.3) is 0 Å². The van der Waals surface area contributed by atoms with Gasteiger partial charge >= 0.3 is 0 Å². The first kappa shape index (κ1) is 23.2. The molecule has 2 aliphatic heterocycles. The minimum absolute atomic E-state index is 0.112. The number of carbonyl (C=O) groups is 3. The van der Waals surface area contributed by atoms with Gasteiger partial charge in [-0.2, -0.15) is 0 Å². The number of para-hydroxylation sites is 1. The maximum absolute atomic E-state index is 14.0. The van der Waals surface area contributed by atoms with Crippen LogP contribution < -0.4 is 15.1 Å². The molecule has 0 saturated carbocycles. The third-order valence-corrected chi connectivity index (χ3v) is 8.11. The number of aryl methyl sites for hydroxylation is 3. The summed E-state index contributed by atoms with van der Waals surface area (Å²) in [5, 5.41) is 2.92. The lowest BCUT2D eigenvalue weighted by Gasteiger charge is -2.33. The highest BCUT2D eigenvalue weighted by atomic mass is 32.2. The summed E-state index contributed by atoms with van der Waals surface area (Å²) in [6.45, 7) is 6.30. The van der Waals surface area contributed by atoms with Crippen LogP contribution >= 0.6 is 11.8 Å². The van der Waals surface area contributed by atoms with Crippen molar-refractivity contribution in [3.8, 4) is 0 Å². The second-order valence-corrected chi connectivity index (χ2v) is 10.3. The summed E-state index contributed by atoms with van der Waals surface area (Å²) in [5.41, 5.74) is 6.41. The molecule has 1 atom stereocenters. The molecular formula is C28H27N3O3S. The van der Waals surface area contributed by atoms with Crippen LogP contribution in [0.2, 0.25) is 0 Å². The van der Waals surface area contributed by atoms with Gasteiger partial charge in [0.1, 0.15) is 6.54 Å². The Kier molecular flexibility index (Phi) is 5.89. The molecule has 7 heteroatoms. The van der Waals surface area contributed by atoms with Crippen molar-refractivity contribution in [2.45, 2.75) is 32.2 Å². The molecule has 35 heavy (non-hydrogen) atoms. The van der Waals surface area contributed by atoms with Crippen molar-refractivity contribution < 1.29 is 14.4 Å². The fraction of sp³-hybridized carbons (Fsp3) is 0.250. The van der Waals surface area contributed by atoms with Crippen molar-refractivity contribution in [2.75, 3.05) is 22.1 Å². The molecule has 1 saturated heterocycles. The average molecular weight is 486 g/mol. The van der Waals surface area contributed by atoms with E-state index in [-0.39, 0.29) is 30.0 Å². The number of hydrogen-bond acceptors (Lipinski definition) is 4. The summed E-state index contributed by atoms with van der Waals surface area (Å²) < 4.78 is 0. The molecule has 1 N–H and O–H groups in total. The molecule has 178 valence electrons. The van der Waals surface area contributed by atoms with Gasteiger partial charge in [0.15, 0.2) is 0 Å². The predicted molar refractivity (Wildman–Crippen MR) is 139 cm³/mol. The number of thioether (sulfide) groups is 1. The van der Waals surface area contributed by atoms with Gasteiger partial charge < -0.3 is 5.32 Å². The maximum Gasteiger partial charge on any atom is 0.269 e. The van der Waals surface area contributed by atoms with Crippen LogP contribution in [0.15, 0.2) is 66.7 Å². The third-order valence-electron chi connectivity index (χ3n) is 6.72. The Morgan fingerprint density at radius 3 is 2.46 bits per heavy atom. The fourth-order valence-electron chi connectivity index (χ4n) is 4.68. The highest BCUT2D eigenvalue weighted by Gasteiger charge is 2.61. The zero-order valence-electron chi connectivity index (χ0n) is 20.0. The summed E-state index contributed by atoms with van der Waals surface area (Å²) in [5.74, 6) is -0.441. The molecule has 5 rings (SSSR count). The fourth-order valence-corrected chi connectivity index (χ4v) is 6.04. The van der Waals surface area contributed by atoms with Crippen LogP contribution in [0.5, 0.6) is 0 Å². The molecule has 0 aromatic heterocycles. The number of hydrogen-bond donors (Lipinski definition) is 1. The molecule has 3 aromatic carbocycles. The standard InChI is InChI=1S/C28H27N3O3S/c1-18-8-11-21(12-9-18)15-29-25(32)16-30-24-7-5-4-6-23(24)28(27(30)34)31(26(33)17-35-28)22-13-10-19(2)20(3)14-22/h4-14H,15-17H2,1-3H3,(H,29,32)/t28-/m1/s1. The van der Waals surface area contributed by atoms with Crippen LogP contribution in [0.3, 0.4) is 0 Å². The molecule has 2 heterocycles. The smallest absolute Gasteiger partial charge is 0.269 e. The van der Waals surface area contributed by atoms with Crippen LogP contribution in [-0.4, -0.2) is 30.0 Å². The Hall–Kier alpha value is -3.58. The summed E-state index contributed by atoms with van der Waals surface area (Å²) in [6.07, 6.45) is 0. The predicted octanol–water partition coefficient (Wildman–Crippen LogP) is 4.21.